The zero-order chi connectivity index (χ0) is 14.5. The van der Waals surface area contributed by atoms with E-state index in [1.807, 2.05) is 31.3 Å². The number of carbonyl (C=O) groups excluding carboxylic acids is 1. The number of aromatic nitrogens is 2. The molecule has 5 nitrogen and oxygen atoms in total. The number of hydrogen-bond acceptors (Lipinski definition) is 3. The zero-order valence-corrected chi connectivity index (χ0v) is 11.9. The van der Waals surface area contributed by atoms with E-state index in [1.165, 1.54) is 0 Å². The standard InChI is InChI=1S/C15H20N4O/c1-3-8-19(13-6-4-12(9-16)5-7-13)15(20)14-10-17-11-18(14)2/h4-7,10-11H,3,8-9,16H2,1-2H3. The van der Waals surface area contributed by atoms with Crippen LogP contribution in [0.15, 0.2) is 36.8 Å². The Morgan fingerprint density at radius 2 is 2.05 bits per heavy atom. The van der Waals surface area contributed by atoms with Crippen LogP contribution in [0.4, 0.5) is 5.69 Å². The maximum absolute atomic E-state index is 12.6. The maximum Gasteiger partial charge on any atom is 0.276 e. The van der Waals surface area contributed by atoms with Gasteiger partial charge >= 0.3 is 0 Å². The van der Waals surface area contributed by atoms with E-state index in [0.29, 0.717) is 18.8 Å². The van der Waals surface area contributed by atoms with Crippen LogP contribution in [0.2, 0.25) is 0 Å². The fourth-order valence-electron chi connectivity index (χ4n) is 2.09. The lowest BCUT2D eigenvalue weighted by molar-refractivity contribution is 0.0979. The molecule has 1 amide bonds. The molecule has 1 aromatic heterocycles. The van der Waals surface area contributed by atoms with Gasteiger partial charge in [0.1, 0.15) is 5.69 Å². The molecular weight excluding hydrogens is 252 g/mol. The molecule has 2 N–H and O–H groups in total. The molecule has 0 spiro atoms. The molecule has 0 atom stereocenters. The van der Waals surface area contributed by atoms with E-state index < -0.39 is 0 Å². The van der Waals surface area contributed by atoms with Gasteiger partial charge in [0.05, 0.1) is 12.5 Å². The Labute approximate surface area is 119 Å². The molecule has 20 heavy (non-hydrogen) atoms. The Kier molecular flexibility index (Phi) is 4.53. The lowest BCUT2D eigenvalue weighted by atomic mass is 10.2. The normalized spacial score (nSPS) is 10.6. The van der Waals surface area contributed by atoms with Gasteiger partial charge in [0, 0.05) is 25.8 Å². The highest BCUT2D eigenvalue weighted by Gasteiger charge is 2.19. The summed E-state index contributed by atoms with van der Waals surface area (Å²) in [6, 6.07) is 7.78. The number of amides is 1. The summed E-state index contributed by atoms with van der Waals surface area (Å²) in [6.07, 6.45) is 4.12. The monoisotopic (exact) mass is 272 g/mol. The van der Waals surface area contributed by atoms with Crippen molar-refractivity contribution >= 4 is 11.6 Å². The van der Waals surface area contributed by atoms with Gasteiger partial charge in [-0.2, -0.15) is 0 Å². The van der Waals surface area contributed by atoms with E-state index in [2.05, 4.69) is 11.9 Å². The fourth-order valence-corrected chi connectivity index (χ4v) is 2.09. The van der Waals surface area contributed by atoms with Crippen LogP contribution in [0.5, 0.6) is 0 Å². The predicted molar refractivity (Wildman–Crippen MR) is 79.5 cm³/mol. The molecular formula is C15H20N4O. The molecule has 2 rings (SSSR count). The van der Waals surface area contributed by atoms with E-state index >= 15 is 0 Å². The van der Waals surface area contributed by atoms with Gasteiger partial charge in [0.25, 0.3) is 5.91 Å². The molecule has 0 unspecified atom stereocenters. The van der Waals surface area contributed by atoms with E-state index in [4.69, 9.17) is 5.73 Å². The van der Waals surface area contributed by atoms with Crippen LogP contribution >= 0.6 is 0 Å². The third-order valence-electron chi connectivity index (χ3n) is 3.21. The summed E-state index contributed by atoms with van der Waals surface area (Å²) >= 11 is 0. The van der Waals surface area contributed by atoms with Gasteiger partial charge in [-0.1, -0.05) is 19.1 Å². The summed E-state index contributed by atoms with van der Waals surface area (Å²) in [7, 11) is 1.82. The van der Waals surface area contributed by atoms with Crippen LogP contribution in [-0.4, -0.2) is 22.0 Å². The Hall–Kier alpha value is -2.14. The van der Waals surface area contributed by atoms with Crippen molar-refractivity contribution in [2.75, 3.05) is 11.4 Å². The van der Waals surface area contributed by atoms with Gasteiger partial charge in [-0.3, -0.25) is 4.79 Å². The number of anilines is 1. The Morgan fingerprint density at radius 3 is 2.55 bits per heavy atom. The molecule has 2 aromatic rings. The second-order valence-electron chi connectivity index (χ2n) is 4.72. The first kappa shape index (κ1) is 14.3. The van der Waals surface area contributed by atoms with Crippen LogP contribution < -0.4 is 10.6 Å². The highest BCUT2D eigenvalue weighted by atomic mass is 16.2. The van der Waals surface area contributed by atoms with Crippen molar-refractivity contribution < 1.29 is 4.79 Å². The van der Waals surface area contributed by atoms with Crippen molar-refractivity contribution in [2.45, 2.75) is 19.9 Å². The maximum atomic E-state index is 12.6. The van der Waals surface area contributed by atoms with Gasteiger partial charge in [-0.15, -0.1) is 0 Å². The van der Waals surface area contributed by atoms with E-state index in [1.54, 1.807) is 22.0 Å². The highest BCUT2D eigenvalue weighted by Crippen LogP contribution is 2.18. The minimum Gasteiger partial charge on any atom is -0.330 e. The number of aryl methyl sites for hydroxylation is 1. The number of carbonyl (C=O) groups is 1. The van der Waals surface area contributed by atoms with Crippen molar-refractivity contribution in [3.8, 4) is 0 Å². The molecule has 0 aliphatic carbocycles. The second kappa shape index (κ2) is 6.34. The molecule has 0 bridgehead atoms. The molecule has 0 aliphatic rings. The lowest BCUT2D eigenvalue weighted by Crippen LogP contribution is -2.32. The molecule has 0 fully saturated rings. The molecule has 5 heteroatoms. The summed E-state index contributed by atoms with van der Waals surface area (Å²) in [5.74, 6) is -0.0349. The number of benzene rings is 1. The zero-order valence-electron chi connectivity index (χ0n) is 11.9. The first-order valence-electron chi connectivity index (χ1n) is 6.74. The third kappa shape index (κ3) is 2.88. The van der Waals surface area contributed by atoms with Crippen molar-refractivity contribution in [3.05, 3.63) is 48.0 Å². The summed E-state index contributed by atoms with van der Waals surface area (Å²) in [6.45, 7) is 3.23. The fraction of sp³-hybridized carbons (Fsp3) is 0.333. The molecule has 1 aromatic carbocycles. The average Bonchev–Trinajstić information content (AvgIpc) is 2.90. The summed E-state index contributed by atoms with van der Waals surface area (Å²) in [5.41, 5.74) is 8.12. The molecule has 106 valence electrons. The first-order chi connectivity index (χ1) is 9.67. The van der Waals surface area contributed by atoms with Gasteiger partial charge in [0.15, 0.2) is 0 Å². The summed E-state index contributed by atoms with van der Waals surface area (Å²) in [5, 5.41) is 0. The molecule has 0 saturated carbocycles. The van der Waals surface area contributed by atoms with Crippen LogP contribution in [0.3, 0.4) is 0 Å². The smallest absolute Gasteiger partial charge is 0.276 e. The number of nitrogens with zero attached hydrogens (tertiary/aromatic N) is 3. The number of rotatable bonds is 5. The number of nitrogens with two attached hydrogens (primary N) is 1. The molecule has 0 aliphatic heterocycles. The first-order valence-corrected chi connectivity index (χ1v) is 6.74. The van der Waals surface area contributed by atoms with E-state index in [-0.39, 0.29) is 5.91 Å². The van der Waals surface area contributed by atoms with Crippen molar-refractivity contribution in [3.63, 3.8) is 0 Å². The van der Waals surface area contributed by atoms with Crippen LogP contribution in [0.1, 0.15) is 29.4 Å². The van der Waals surface area contributed by atoms with Crippen LogP contribution in [0.25, 0.3) is 0 Å². The van der Waals surface area contributed by atoms with Crippen molar-refractivity contribution in [1.82, 2.24) is 9.55 Å². The topological polar surface area (TPSA) is 64.2 Å². The minimum atomic E-state index is -0.0349. The predicted octanol–water partition coefficient (Wildman–Crippen LogP) is 1.94. The van der Waals surface area contributed by atoms with Crippen molar-refractivity contribution in [1.29, 1.82) is 0 Å². The quantitative estimate of drug-likeness (QED) is 0.904. The second-order valence-corrected chi connectivity index (χ2v) is 4.72. The third-order valence-corrected chi connectivity index (χ3v) is 3.21. The van der Waals surface area contributed by atoms with Gasteiger partial charge in [-0.05, 0) is 24.1 Å². The van der Waals surface area contributed by atoms with Gasteiger partial charge in [0.2, 0.25) is 0 Å². The van der Waals surface area contributed by atoms with E-state index in [9.17, 15) is 4.79 Å². The minimum absolute atomic E-state index is 0.0349. The van der Waals surface area contributed by atoms with Crippen LogP contribution in [-0.2, 0) is 13.6 Å². The van der Waals surface area contributed by atoms with Gasteiger partial charge in [-0.25, -0.2) is 4.98 Å². The Balaban J connectivity index is 2.30. The summed E-state index contributed by atoms with van der Waals surface area (Å²) < 4.78 is 1.74. The van der Waals surface area contributed by atoms with Crippen LogP contribution in [0, 0.1) is 0 Å². The van der Waals surface area contributed by atoms with Crippen molar-refractivity contribution in [2.24, 2.45) is 12.8 Å². The lowest BCUT2D eigenvalue weighted by Gasteiger charge is -2.22. The molecule has 1 heterocycles. The molecule has 0 radical (unpaired) electrons. The Bertz CT molecular complexity index is 574. The van der Waals surface area contributed by atoms with Gasteiger partial charge < -0.3 is 15.2 Å². The Morgan fingerprint density at radius 1 is 1.35 bits per heavy atom. The largest absolute Gasteiger partial charge is 0.330 e. The number of hydrogen-bond donors (Lipinski definition) is 1. The average molecular weight is 272 g/mol. The SMILES string of the molecule is CCCN(C(=O)c1cncn1C)c1ccc(CN)cc1. The molecule has 0 saturated heterocycles. The highest BCUT2D eigenvalue weighted by molar-refractivity contribution is 6.04. The van der Waals surface area contributed by atoms with E-state index in [0.717, 1.165) is 17.7 Å². The summed E-state index contributed by atoms with van der Waals surface area (Å²) in [4.78, 5) is 18.4. The number of imidazole rings is 1.